The van der Waals surface area contributed by atoms with Crippen LogP contribution in [-0.2, 0) is 11.3 Å². The van der Waals surface area contributed by atoms with Gasteiger partial charge >= 0.3 is 0 Å². The van der Waals surface area contributed by atoms with Crippen molar-refractivity contribution >= 4 is 22.6 Å². The van der Waals surface area contributed by atoms with Gasteiger partial charge in [0, 0.05) is 17.7 Å². The van der Waals surface area contributed by atoms with Gasteiger partial charge in [0.25, 0.3) is 5.56 Å². The van der Waals surface area contributed by atoms with Crippen LogP contribution in [0, 0.1) is 6.92 Å². The van der Waals surface area contributed by atoms with Gasteiger partial charge in [-0.15, -0.1) is 0 Å². The third kappa shape index (κ3) is 3.62. The first-order chi connectivity index (χ1) is 13.1. The first-order valence-electron chi connectivity index (χ1n) is 8.39. The van der Waals surface area contributed by atoms with Gasteiger partial charge in [-0.1, -0.05) is 41.6 Å². The lowest BCUT2D eigenvalue weighted by Gasteiger charge is -2.08. The SMILES string of the molecule is Cc1cc(NC(=O)Cn2nc(-c3ccc4ccccc4c3)ccc2=O)on1. The molecule has 1 N–H and O–H groups in total. The van der Waals surface area contributed by atoms with Crippen molar-refractivity contribution in [2.24, 2.45) is 0 Å². The molecule has 0 aliphatic carbocycles. The van der Waals surface area contributed by atoms with Crippen LogP contribution >= 0.6 is 0 Å². The van der Waals surface area contributed by atoms with Crippen molar-refractivity contribution in [2.75, 3.05) is 5.32 Å². The fourth-order valence-electron chi connectivity index (χ4n) is 2.80. The van der Waals surface area contributed by atoms with E-state index in [0.717, 1.165) is 21.0 Å². The van der Waals surface area contributed by atoms with E-state index < -0.39 is 5.91 Å². The highest BCUT2D eigenvalue weighted by Gasteiger charge is 2.11. The molecule has 134 valence electrons. The molecule has 0 aliphatic heterocycles. The number of hydrogen-bond acceptors (Lipinski definition) is 5. The maximum absolute atomic E-state index is 12.2. The van der Waals surface area contributed by atoms with Gasteiger partial charge in [0.15, 0.2) is 0 Å². The molecule has 0 saturated carbocycles. The van der Waals surface area contributed by atoms with Crippen molar-refractivity contribution < 1.29 is 9.32 Å². The van der Waals surface area contributed by atoms with Crippen LogP contribution in [0.4, 0.5) is 5.88 Å². The lowest BCUT2D eigenvalue weighted by atomic mass is 10.1. The number of carbonyl (C=O) groups is 1. The van der Waals surface area contributed by atoms with E-state index in [-0.39, 0.29) is 18.0 Å². The average Bonchev–Trinajstić information content (AvgIpc) is 3.07. The van der Waals surface area contributed by atoms with Crippen molar-refractivity contribution in [1.29, 1.82) is 0 Å². The lowest BCUT2D eigenvalue weighted by molar-refractivity contribution is -0.117. The van der Waals surface area contributed by atoms with E-state index in [1.54, 1.807) is 19.1 Å². The molecule has 0 fully saturated rings. The Hall–Kier alpha value is -3.74. The minimum Gasteiger partial charge on any atom is -0.338 e. The van der Waals surface area contributed by atoms with Crippen LogP contribution in [0.3, 0.4) is 0 Å². The topological polar surface area (TPSA) is 90.0 Å². The monoisotopic (exact) mass is 360 g/mol. The molecule has 0 bridgehead atoms. The molecule has 4 aromatic rings. The fourth-order valence-corrected chi connectivity index (χ4v) is 2.80. The average molecular weight is 360 g/mol. The third-order valence-electron chi connectivity index (χ3n) is 4.10. The summed E-state index contributed by atoms with van der Waals surface area (Å²) in [4.78, 5) is 24.3. The zero-order chi connectivity index (χ0) is 18.8. The molecule has 0 radical (unpaired) electrons. The van der Waals surface area contributed by atoms with Crippen molar-refractivity contribution in [2.45, 2.75) is 13.5 Å². The molecule has 27 heavy (non-hydrogen) atoms. The van der Waals surface area contributed by atoms with E-state index in [1.165, 1.54) is 6.07 Å². The van der Waals surface area contributed by atoms with Crippen LogP contribution in [0.15, 0.2) is 70.0 Å². The molecular weight excluding hydrogens is 344 g/mol. The highest BCUT2D eigenvalue weighted by Crippen LogP contribution is 2.22. The Morgan fingerprint density at radius 1 is 1.07 bits per heavy atom. The van der Waals surface area contributed by atoms with Gasteiger partial charge in [-0.3, -0.25) is 14.9 Å². The first kappa shape index (κ1) is 16.7. The predicted octanol–water partition coefficient (Wildman–Crippen LogP) is 3.00. The molecule has 0 aliphatic rings. The van der Waals surface area contributed by atoms with E-state index in [4.69, 9.17) is 4.52 Å². The zero-order valence-corrected chi connectivity index (χ0v) is 14.5. The molecule has 7 heteroatoms. The summed E-state index contributed by atoms with van der Waals surface area (Å²) in [5.41, 5.74) is 1.78. The largest absolute Gasteiger partial charge is 0.338 e. The number of aryl methyl sites for hydroxylation is 1. The normalized spacial score (nSPS) is 10.9. The van der Waals surface area contributed by atoms with E-state index in [1.807, 2.05) is 42.5 Å². The maximum Gasteiger partial charge on any atom is 0.267 e. The van der Waals surface area contributed by atoms with Gasteiger partial charge in [-0.2, -0.15) is 5.10 Å². The minimum absolute atomic E-state index is 0.222. The van der Waals surface area contributed by atoms with Gasteiger partial charge < -0.3 is 4.52 Å². The van der Waals surface area contributed by atoms with Crippen molar-refractivity contribution in [1.82, 2.24) is 14.9 Å². The van der Waals surface area contributed by atoms with Crippen LogP contribution < -0.4 is 10.9 Å². The number of benzene rings is 2. The number of nitrogens with one attached hydrogen (secondary N) is 1. The lowest BCUT2D eigenvalue weighted by Crippen LogP contribution is -2.29. The minimum atomic E-state index is -0.420. The van der Waals surface area contributed by atoms with E-state index >= 15 is 0 Å². The highest BCUT2D eigenvalue weighted by molar-refractivity contribution is 5.89. The zero-order valence-electron chi connectivity index (χ0n) is 14.5. The Morgan fingerprint density at radius 2 is 1.89 bits per heavy atom. The molecule has 2 aromatic carbocycles. The summed E-state index contributed by atoms with van der Waals surface area (Å²) in [7, 11) is 0. The molecule has 1 amide bonds. The van der Waals surface area contributed by atoms with E-state index in [0.29, 0.717) is 11.4 Å². The van der Waals surface area contributed by atoms with Crippen LogP contribution in [-0.4, -0.2) is 20.8 Å². The molecule has 2 aromatic heterocycles. The van der Waals surface area contributed by atoms with E-state index in [9.17, 15) is 9.59 Å². The summed E-state index contributed by atoms with van der Waals surface area (Å²) < 4.78 is 6.08. The van der Waals surface area contributed by atoms with Crippen LogP contribution in [0.2, 0.25) is 0 Å². The van der Waals surface area contributed by atoms with Crippen LogP contribution in [0.25, 0.3) is 22.0 Å². The maximum atomic E-state index is 12.2. The third-order valence-corrected chi connectivity index (χ3v) is 4.10. The molecule has 0 unspecified atom stereocenters. The number of nitrogens with zero attached hydrogens (tertiary/aromatic N) is 3. The summed E-state index contributed by atoms with van der Waals surface area (Å²) in [6.07, 6.45) is 0. The first-order valence-corrected chi connectivity index (χ1v) is 8.39. The number of aromatic nitrogens is 3. The van der Waals surface area contributed by atoms with Gasteiger partial charge in [-0.05, 0) is 29.8 Å². The Bertz CT molecular complexity index is 1190. The smallest absolute Gasteiger partial charge is 0.267 e. The Balaban J connectivity index is 1.60. The highest BCUT2D eigenvalue weighted by atomic mass is 16.5. The number of fused-ring (bicyclic) bond motifs is 1. The number of rotatable bonds is 4. The summed E-state index contributed by atoms with van der Waals surface area (Å²) in [6.45, 7) is 1.53. The molecule has 4 rings (SSSR count). The Labute approximate surface area is 154 Å². The van der Waals surface area contributed by atoms with Crippen molar-refractivity contribution in [3.63, 3.8) is 0 Å². The second kappa shape index (κ2) is 6.87. The molecule has 0 saturated heterocycles. The molecule has 0 spiro atoms. The summed E-state index contributed by atoms with van der Waals surface area (Å²) in [5, 5.41) is 12.8. The van der Waals surface area contributed by atoms with Gasteiger partial charge in [0.1, 0.15) is 6.54 Å². The number of hydrogen-bond donors (Lipinski definition) is 1. The number of anilines is 1. The van der Waals surface area contributed by atoms with Crippen LogP contribution in [0.5, 0.6) is 0 Å². The second-order valence-corrected chi connectivity index (χ2v) is 6.16. The molecule has 7 nitrogen and oxygen atoms in total. The number of carbonyl (C=O) groups excluding carboxylic acids is 1. The summed E-state index contributed by atoms with van der Waals surface area (Å²) in [6, 6.07) is 18.6. The molecule has 2 heterocycles. The van der Waals surface area contributed by atoms with Crippen LogP contribution in [0.1, 0.15) is 5.69 Å². The predicted molar refractivity (Wildman–Crippen MR) is 101 cm³/mol. The van der Waals surface area contributed by atoms with Gasteiger partial charge in [0.2, 0.25) is 11.8 Å². The van der Waals surface area contributed by atoms with E-state index in [2.05, 4.69) is 15.6 Å². The van der Waals surface area contributed by atoms with Gasteiger partial charge in [-0.25, -0.2) is 4.68 Å². The quantitative estimate of drug-likeness (QED) is 0.604. The Morgan fingerprint density at radius 3 is 2.67 bits per heavy atom. The van der Waals surface area contributed by atoms with Crippen molar-refractivity contribution in [3.8, 4) is 11.3 Å². The molecular formula is C20H16N4O3. The molecule has 0 atom stereocenters. The van der Waals surface area contributed by atoms with Crippen molar-refractivity contribution in [3.05, 3.63) is 76.7 Å². The second-order valence-electron chi connectivity index (χ2n) is 6.16. The summed E-state index contributed by atoms with van der Waals surface area (Å²) in [5.74, 6) is -0.187. The fraction of sp³-hybridized carbons (Fsp3) is 0.100. The van der Waals surface area contributed by atoms with Gasteiger partial charge in [0.05, 0.1) is 11.4 Å². The standard InChI is InChI=1S/C20H16N4O3/c1-13-10-19(27-23-13)21-18(25)12-24-20(26)9-8-17(22-24)16-7-6-14-4-2-3-5-15(14)11-16/h2-11H,12H2,1H3,(H,21,25). The number of amides is 1. The summed E-state index contributed by atoms with van der Waals surface area (Å²) >= 11 is 0. The Kier molecular flexibility index (Phi) is 4.25.